The Balaban J connectivity index is 1.51. The van der Waals surface area contributed by atoms with Crippen molar-refractivity contribution in [1.82, 2.24) is 19.2 Å². The van der Waals surface area contributed by atoms with E-state index >= 15 is 0 Å². The van der Waals surface area contributed by atoms with Crippen molar-refractivity contribution in [2.75, 3.05) is 26.2 Å². The molecule has 0 spiro atoms. The first-order valence-corrected chi connectivity index (χ1v) is 10.2. The SMILES string of the molecule is O=C(C1CCC1)N1CCCN(S(=O)(=O)c2ccc3nc[nH]c3c2)CC1. The molecule has 1 saturated carbocycles. The molecule has 1 aliphatic carbocycles. The highest BCUT2D eigenvalue weighted by Crippen LogP contribution is 2.29. The minimum atomic E-state index is -3.57. The van der Waals surface area contributed by atoms with Crippen molar-refractivity contribution >= 4 is 27.0 Å². The van der Waals surface area contributed by atoms with E-state index in [4.69, 9.17) is 0 Å². The Bertz CT molecular complexity index is 888. The van der Waals surface area contributed by atoms with Crippen molar-refractivity contribution in [3.63, 3.8) is 0 Å². The molecule has 1 aromatic carbocycles. The quantitative estimate of drug-likeness (QED) is 0.898. The number of carbonyl (C=O) groups excluding carboxylic acids is 1. The lowest BCUT2D eigenvalue weighted by molar-refractivity contribution is -0.138. The van der Waals surface area contributed by atoms with Gasteiger partial charge in [-0.3, -0.25) is 4.79 Å². The van der Waals surface area contributed by atoms with Gasteiger partial charge in [0.2, 0.25) is 15.9 Å². The second-order valence-corrected chi connectivity index (χ2v) is 8.73. The summed E-state index contributed by atoms with van der Waals surface area (Å²) in [6.45, 7) is 1.90. The number of nitrogens with zero attached hydrogens (tertiary/aromatic N) is 3. The standard InChI is InChI=1S/C17H22N4O3S/c22-17(13-3-1-4-13)20-7-2-8-21(10-9-20)25(23,24)14-5-6-15-16(11-14)19-12-18-15/h5-6,11-13H,1-4,7-10H2,(H,18,19). The fraction of sp³-hybridized carbons (Fsp3) is 0.529. The van der Waals surface area contributed by atoms with Crippen molar-refractivity contribution in [2.45, 2.75) is 30.6 Å². The Hall–Kier alpha value is -1.93. The molecule has 0 unspecified atom stereocenters. The number of aromatic amines is 1. The molecular weight excluding hydrogens is 340 g/mol. The van der Waals surface area contributed by atoms with E-state index in [1.54, 1.807) is 24.5 Å². The Morgan fingerprint density at radius 2 is 1.96 bits per heavy atom. The van der Waals surface area contributed by atoms with Gasteiger partial charge >= 0.3 is 0 Å². The number of H-pyrrole nitrogens is 1. The molecule has 0 bridgehead atoms. The van der Waals surface area contributed by atoms with Crippen LogP contribution in [0.15, 0.2) is 29.4 Å². The summed E-state index contributed by atoms with van der Waals surface area (Å²) in [4.78, 5) is 21.6. The van der Waals surface area contributed by atoms with Crippen LogP contribution in [0.25, 0.3) is 11.0 Å². The average molecular weight is 362 g/mol. The lowest BCUT2D eigenvalue weighted by atomic mass is 9.84. The molecule has 0 atom stereocenters. The fourth-order valence-electron chi connectivity index (χ4n) is 3.49. The monoisotopic (exact) mass is 362 g/mol. The van der Waals surface area contributed by atoms with Gasteiger partial charge in [0.25, 0.3) is 0 Å². The molecule has 1 amide bonds. The third kappa shape index (κ3) is 3.04. The summed E-state index contributed by atoms with van der Waals surface area (Å²) in [6.07, 6.45) is 5.30. The van der Waals surface area contributed by atoms with Crippen LogP contribution < -0.4 is 0 Å². The molecule has 2 aromatic rings. The highest BCUT2D eigenvalue weighted by atomic mass is 32.2. The highest BCUT2D eigenvalue weighted by molar-refractivity contribution is 7.89. The zero-order valence-electron chi connectivity index (χ0n) is 14.0. The van der Waals surface area contributed by atoms with Gasteiger partial charge in [-0.25, -0.2) is 13.4 Å². The number of imidazole rings is 1. The second kappa shape index (κ2) is 6.42. The maximum Gasteiger partial charge on any atom is 0.243 e. The van der Waals surface area contributed by atoms with Crippen LogP contribution in [0.2, 0.25) is 0 Å². The second-order valence-electron chi connectivity index (χ2n) is 6.79. The smallest absolute Gasteiger partial charge is 0.243 e. The van der Waals surface area contributed by atoms with E-state index < -0.39 is 10.0 Å². The first kappa shape index (κ1) is 16.5. The molecule has 25 heavy (non-hydrogen) atoms. The fourth-order valence-corrected chi connectivity index (χ4v) is 4.99. The van der Waals surface area contributed by atoms with Crippen molar-refractivity contribution in [1.29, 1.82) is 0 Å². The topological polar surface area (TPSA) is 86.4 Å². The van der Waals surface area contributed by atoms with Gasteiger partial charge in [0.15, 0.2) is 0 Å². The molecule has 2 aliphatic rings. The minimum absolute atomic E-state index is 0.158. The molecule has 0 radical (unpaired) electrons. The molecule has 2 heterocycles. The summed E-state index contributed by atoms with van der Waals surface area (Å²) >= 11 is 0. The van der Waals surface area contributed by atoms with Crippen LogP contribution in [0.1, 0.15) is 25.7 Å². The molecule has 8 heteroatoms. The molecule has 1 aliphatic heterocycles. The van der Waals surface area contributed by atoms with Gasteiger partial charge in [0, 0.05) is 32.1 Å². The van der Waals surface area contributed by atoms with Crippen LogP contribution >= 0.6 is 0 Å². The third-order valence-corrected chi connectivity index (χ3v) is 7.15. The molecule has 1 N–H and O–H groups in total. The first-order valence-electron chi connectivity index (χ1n) is 8.78. The molecule has 1 saturated heterocycles. The number of carbonyl (C=O) groups is 1. The lowest BCUT2D eigenvalue weighted by Gasteiger charge is -2.31. The summed E-state index contributed by atoms with van der Waals surface area (Å²) in [6, 6.07) is 4.93. The van der Waals surface area contributed by atoms with Crippen molar-refractivity contribution in [2.24, 2.45) is 5.92 Å². The number of rotatable bonds is 3. The number of sulfonamides is 1. The first-order chi connectivity index (χ1) is 12.1. The van der Waals surface area contributed by atoms with Gasteiger partial charge < -0.3 is 9.88 Å². The molecular formula is C17H22N4O3S. The number of fused-ring (bicyclic) bond motifs is 1. The van der Waals surface area contributed by atoms with E-state index in [9.17, 15) is 13.2 Å². The van der Waals surface area contributed by atoms with Crippen LogP contribution in [0.4, 0.5) is 0 Å². The van der Waals surface area contributed by atoms with Crippen molar-refractivity contribution in [3.8, 4) is 0 Å². The number of aromatic nitrogens is 2. The van der Waals surface area contributed by atoms with Crippen LogP contribution in [0.3, 0.4) is 0 Å². The number of hydrogen-bond acceptors (Lipinski definition) is 4. The highest BCUT2D eigenvalue weighted by Gasteiger charge is 2.32. The van der Waals surface area contributed by atoms with Gasteiger partial charge in [0.1, 0.15) is 0 Å². The van der Waals surface area contributed by atoms with Crippen LogP contribution in [0.5, 0.6) is 0 Å². The molecule has 2 fully saturated rings. The molecule has 4 rings (SSSR count). The number of nitrogens with one attached hydrogen (secondary N) is 1. The Labute approximate surface area is 147 Å². The average Bonchev–Trinajstić information content (AvgIpc) is 2.86. The number of amides is 1. The minimum Gasteiger partial charge on any atom is -0.345 e. The zero-order valence-corrected chi connectivity index (χ0v) is 14.8. The van der Waals surface area contributed by atoms with E-state index in [1.807, 2.05) is 4.90 Å². The molecule has 1 aromatic heterocycles. The maximum atomic E-state index is 13.0. The van der Waals surface area contributed by atoms with E-state index in [2.05, 4.69) is 9.97 Å². The normalized spacial score (nSPS) is 20.4. The van der Waals surface area contributed by atoms with E-state index in [0.29, 0.717) is 38.1 Å². The van der Waals surface area contributed by atoms with Gasteiger partial charge in [-0.1, -0.05) is 6.42 Å². The van der Waals surface area contributed by atoms with E-state index in [0.717, 1.165) is 24.8 Å². The number of benzene rings is 1. The van der Waals surface area contributed by atoms with Gasteiger partial charge in [0.05, 0.1) is 22.3 Å². The van der Waals surface area contributed by atoms with Gasteiger partial charge in [-0.15, -0.1) is 0 Å². The lowest BCUT2D eigenvalue weighted by Crippen LogP contribution is -2.41. The Morgan fingerprint density at radius 3 is 2.72 bits per heavy atom. The van der Waals surface area contributed by atoms with Crippen molar-refractivity contribution in [3.05, 3.63) is 24.5 Å². The van der Waals surface area contributed by atoms with E-state index in [1.165, 1.54) is 4.31 Å². The summed E-state index contributed by atoms with van der Waals surface area (Å²) < 4.78 is 27.4. The predicted octanol–water partition coefficient (Wildman–Crippen LogP) is 1.59. The molecule has 134 valence electrons. The third-order valence-electron chi connectivity index (χ3n) is 5.25. The summed E-state index contributed by atoms with van der Waals surface area (Å²) in [7, 11) is -3.57. The van der Waals surface area contributed by atoms with Gasteiger partial charge in [-0.05, 0) is 37.5 Å². The Morgan fingerprint density at radius 1 is 1.12 bits per heavy atom. The Kier molecular flexibility index (Phi) is 4.24. The van der Waals surface area contributed by atoms with Crippen molar-refractivity contribution < 1.29 is 13.2 Å². The number of hydrogen-bond donors (Lipinski definition) is 1. The largest absolute Gasteiger partial charge is 0.345 e. The van der Waals surface area contributed by atoms with Gasteiger partial charge in [-0.2, -0.15) is 4.31 Å². The molecule has 7 nitrogen and oxygen atoms in total. The zero-order chi connectivity index (χ0) is 17.4. The van der Waals surface area contributed by atoms with Crippen LogP contribution in [-0.4, -0.2) is 59.7 Å². The maximum absolute atomic E-state index is 13.0. The van der Waals surface area contributed by atoms with E-state index in [-0.39, 0.29) is 16.7 Å². The summed E-state index contributed by atoms with van der Waals surface area (Å²) in [5.74, 6) is 0.357. The summed E-state index contributed by atoms with van der Waals surface area (Å²) in [5.41, 5.74) is 1.45. The summed E-state index contributed by atoms with van der Waals surface area (Å²) in [5, 5.41) is 0. The predicted molar refractivity (Wildman–Crippen MR) is 93.4 cm³/mol. The van der Waals surface area contributed by atoms with Crippen LogP contribution in [0, 0.1) is 5.92 Å². The van der Waals surface area contributed by atoms with Crippen LogP contribution in [-0.2, 0) is 14.8 Å².